The lowest BCUT2D eigenvalue weighted by atomic mass is 9.84. The molecule has 2 aromatic rings. The highest BCUT2D eigenvalue weighted by Gasteiger charge is 2.30. The van der Waals surface area contributed by atoms with Crippen LogP contribution in [0.4, 0.5) is 5.69 Å². The number of nitrogens with one attached hydrogen (secondary N) is 3. The topological polar surface area (TPSA) is 104 Å². The number of anilines is 1. The lowest BCUT2D eigenvalue weighted by Gasteiger charge is -2.26. The van der Waals surface area contributed by atoms with Crippen molar-refractivity contribution in [2.45, 2.75) is 46.6 Å². The number of rotatable bonds is 9. The Bertz CT molecular complexity index is 1150. The number of amides is 1. The molecule has 0 aromatic heterocycles. The minimum atomic E-state index is -0.275. The molecule has 0 atom stereocenters. The first-order chi connectivity index (χ1) is 16.5. The molecule has 2 aromatic carbocycles. The molecule has 1 amide bonds. The Morgan fingerprint density at radius 1 is 1.14 bits per heavy atom. The number of hydrogen-bond donors (Lipinski definition) is 3. The van der Waals surface area contributed by atoms with Gasteiger partial charge in [-0.2, -0.15) is 0 Å². The first kappa shape index (κ1) is 26.1. The number of amidine groups is 1. The maximum atomic E-state index is 13.4. The second-order valence-corrected chi connectivity index (χ2v) is 9.53. The standard InChI is InChI=1S/C27H36N4O4/c1-8-30-21-11-16(10-20(24(21)34-7)27(3,4)5)22(32)15-31-14-17-12-23(35-9-2)19(26(33)29-6)13-18(17)25(31)28/h10-13,28,30H,8-9,14-15H2,1-7H3,(H,29,33). The molecule has 1 aliphatic heterocycles. The molecule has 0 spiro atoms. The Morgan fingerprint density at radius 2 is 1.86 bits per heavy atom. The molecule has 188 valence electrons. The largest absolute Gasteiger partial charge is 0.494 e. The Balaban J connectivity index is 1.93. The maximum absolute atomic E-state index is 13.4. The van der Waals surface area contributed by atoms with Crippen LogP contribution in [0.25, 0.3) is 0 Å². The fourth-order valence-electron chi connectivity index (χ4n) is 4.30. The van der Waals surface area contributed by atoms with Crippen LogP contribution in [0.3, 0.4) is 0 Å². The lowest BCUT2D eigenvalue weighted by Crippen LogP contribution is -2.30. The molecule has 0 unspecified atom stereocenters. The molecule has 3 N–H and O–H groups in total. The van der Waals surface area contributed by atoms with Gasteiger partial charge in [0, 0.05) is 36.8 Å². The minimum absolute atomic E-state index is 0.0499. The van der Waals surface area contributed by atoms with E-state index in [9.17, 15) is 9.59 Å². The number of Topliss-reactive ketones (excluding diaryl/α,β-unsaturated/α-hetero) is 1. The third-order valence-electron chi connectivity index (χ3n) is 6.03. The Labute approximate surface area is 207 Å². The van der Waals surface area contributed by atoms with Gasteiger partial charge in [0.05, 0.1) is 31.5 Å². The van der Waals surface area contributed by atoms with Gasteiger partial charge >= 0.3 is 0 Å². The first-order valence-electron chi connectivity index (χ1n) is 11.9. The van der Waals surface area contributed by atoms with Crippen LogP contribution in [-0.4, -0.2) is 56.3 Å². The summed E-state index contributed by atoms with van der Waals surface area (Å²) in [6.45, 7) is 11.7. The number of ether oxygens (including phenoxy) is 2. The number of nitrogens with zero attached hydrogens (tertiary/aromatic N) is 1. The van der Waals surface area contributed by atoms with E-state index < -0.39 is 0 Å². The molecule has 0 aliphatic carbocycles. The predicted molar refractivity (Wildman–Crippen MR) is 138 cm³/mol. The van der Waals surface area contributed by atoms with Gasteiger partial charge in [-0.15, -0.1) is 0 Å². The van der Waals surface area contributed by atoms with E-state index in [1.54, 1.807) is 31.2 Å². The Kier molecular flexibility index (Phi) is 7.73. The Hall–Kier alpha value is -3.55. The Morgan fingerprint density at radius 3 is 2.43 bits per heavy atom. The fourth-order valence-corrected chi connectivity index (χ4v) is 4.30. The van der Waals surface area contributed by atoms with E-state index in [0.717, 1.165) is 22.6 Å². The summed E-state index contributed by atoms with van der Waals surface area (Å²) in [5.74, 6) is 1.07. The molecular formula is C27H36N4O4. The van der Waals surface area contributed by atoms with E-state index in [2.05, 4.69) is 31.4 Å². The molecule has 35 heavy (non-hydrogen) atoms. The highest BCUT2D eigenvalue weighted by molar-refractivity contribution is 6.08. The molecule has 3 rings (SSSR count). The summed E-state index contributed by atoms with van der Waals surface area (Å²) in [6, 6.07) is 7.20. The van der Waals surface area contributed by atoms with E-state index in [1.165, 1.54) is 0 Å². The van der Waals surface area contributed by atoms with Crippen molar-refractivity contribution in [3.63, 3.8) is 0 Å². The lowest BCUT2D eigenvalue weighted by molar-refractivity contribution is 0.0953. The zero-order valence-corrected chi connectivity index (χ0v) is 21.7. The molecule has 8 nitrogen and oxygen atoms in total. The van der Waals surface area contributed by atoms with Crippen molar-refractivity contribution >= 4 is 23.2 Å². The van der Waals surface area contributed by atoms with E-state index in [0.29, 0.717) is 42.1 Å². The van der Waals surface area contributed by atoms with Gasteiger partial charge in [-0.05, 0) is 49.1 Å². The molecule has 1 heterocycles. The number of carbonyl (C=O) groups excluding carboxylic acids is 2. The van der Waals surface area contributed by atoms with Gasteiger partial charge in [0.15, 0.2) is 5.78 Å². The smallest absolute Gasteiger partial charge is 0.254 e. The summed E-state index contributed by atoms with van der Waals surface area (Å²) in [5.41, 5.74) is 3.94. The van der Waals surface area contributed by atoms with E-state index in [-0.39, 0.29) is 29.5 Å². The van der Waals surface area contributed by atoms with Crippen molar-refractivity contribution in [1.29, 1.82) is 5.41 Å². The number of carbonyl (C=O) groups is 2. The molecule has 0 radical (unpaired) electrons. The quantitative estimate of drug-likeness (QED) is 0.465. The summed E-state index contributed by atoms with van der Waals surface area (Å²) >= 11 is 0. The third kappa shape index (κ3) is 5.26. The van der Waals surface area contributed by atoms with Gasteiger partial charge in [-0.25, -0.2) is 0 Å². The summed E-state index contributed by atoms with van der Waals surface area (Å²) in [5, 5.41) is 14.6. The van der Waals surface area contributed by atoms with Gasteiger partial charge in [0.1, 0.15) is 17.3 Å². The minimum Gasteiger partial charge on any atom is -0.494 e. The third-order valence-corrected chi connectivity index (χ3v) is 6.03. The van der Waals surface area contributed by atoms with Crippen molar-refractivity contribution in [2.24, 2.45) is 0 Å². The van der Waals surface area contributed by atoms with Crippen LogP contribution < -0.4 is 20.1 Å². The number of benzene rings is 2. The average Bonchev–Trinajstić information content (AvgIpc) is 3.11. The molecule has 0 saturated carbocycles. The monoisotopic (exact) mass is 480 g/mol. The fraction of sp³-hybridized carbons (Fsp3) is 0.444. The highest BCUT2D eigenvalue weighted by Crippen LogP contribution is 2.38. The van der Waals surface area contributed by atoms with Crippen LogP contribution >= 0.6 is 0 Å². The summed E-state index contributed by atoms with van der Waals surface area (Å²) in [7, 11) is 3.20. The van der Waals surface area contributed by atoms with Crippen molar-refractivity contribution in [3.05, 3.63) is 52.1 Å². The molecule has 8 heteroatoms. The van der Waals surface area contributed by atoms with Gasteiger partial charge in [0.2, 0.25) is 0 Å². The predicted octanol–water partition coefficient (Wildman–Crippen LogP) is 4.21. The van der Waals surface area contributed by atoms with Crippen molar-refractivity contribution in [2.75, 3.05) is 39.2 Å². The number of methoxy groups -OCH3 is 1. The number of fused-ring (bicyclic) bond motifs is 1. The van der Waals surface area contributed by atoms with Crippen LogP contribution in [0, 0.1) is 5.41 Å². The summed E-state index contributed by atoms with van der Waals surface area (Å²) in [6.07, 6.45) is 0. The van der Waals surface area contributed by atoms with E-state index >= 15 is 0 Å². The zero-order valence-electron chi connectivity index (χ0n) is 21.7. The first-order valence-corrected chi connectivity index (χ1v) is 11.9. The van der Waals surface area contributed by atoms with Crippen LogP contribution in [-0.2, 0) is 12.0 Å². The van der Waals surface area contributed by atoms with Crippen LogP contribution in [0.15, 0.2) is 24.3 Å². The van der Waals surface area contributed by atoms with Gasteiger partial charge in [-0.3, -0.25) is 15.0 Å². The average molecular weight is 481 g/mol. The summed E-state index contributed by atoms with van der Waals surface area (Å²) in [4.78, 5) is 27.5. The van der Waals surface area contributed by atoms with Gasteiger partial charge in [-0.1, -0.05) is 20.8 Å². The maximum Gasteiger partial charge on any atom is 0.254 e. The van der Waals surface area contributed by atoms with Gasteiger partial charge < -0.3 is 25.0 Å². The second-order valence-electron chi connectivity index (χ2n) is 9.53. The molecule has 0 fully saturated rings. The van der Waals surface area contributed by atoms with E-state index in [4.69, 9.17) is 14.9 Å². The van der Waals surface area contributed by atoms with E-state index in [1.807, 2.05) is 26.0 Å². The normalized spacial score (nSPS) is 12.9. The zero-order chi connectivity index (χ0) is 25.9. The number of ketones is 1. The SMILES string of the molecule is CCNc1cc(C(=O)CN2Cc3cc(OCC)c(C(=O)NC)cc3C2=N)cc(C(C)(C)C)c1OC. The molecule has 0 saturated heterocycles. The molecule has 1 aliphatic rings. The van der Waals surface area contributed by atoms with Gasteiger partial charge in [0.25, 0.3) is 5.91 Å². The van der Waals surface area contributed by atoms with Crippen molar-refractivity contribution in [1.82, 2.24) is 10.2 Å². The highest BCUT2D eigenvalue weighted by atomic mass is 16.5. The van der Waals surface area contributed by atoms with Crippen LogP contribution in [0.2, 0.25) is 0 Å². The second kappa shape index (κ2) is 10.4. The van der Waals surface area contributed by atoms with Crippen molar-refractivity contribution in [3.8, 4) is 11.5 Å². The van der Waals surface area contributed by atoms with Crippen LogP contribution in [0.5, 0.6) is 11.5 Å². The van der Waals surface area contributed by atoms with Crippen LogP contribution in [0.1, 0.15) is 72.0 Å². The molecular weight excluding hydrogens is 444 g/mol. The van der Waals surface area contributed by atoms with Crippen molar-refractivity contribution < 1.29 is 19.1 Å². The molecule has 0 bridgehead atoms. The number of hydrogen-bond acceptors (Lipinski definition) is 6. The summed E-state index contributed by atoms with van der Waals surface area (Å²) < 4.78 is 11.4.